The summed E-state index contributed by atoms with van der Waals surface area (Å²) < 4.78 is 0. The summed E-state index contributed by atoms with van der Waals surface area (Å²) in [5, 5.41) is 3.74. The van der Waals surface area contributed by atoms with Gasteiger partial charge in [-0.2, -0.15) is 0 Å². The number of nitrogens with zero attached hydrogens (tertiary/aromatic N) is 2. The second-order valence-electron chi connectivity index (χ2n) is 8.02. The van der Waals surface area contributed by atoms with Gasteiger partial charge in [-0.25, -0.2) is 4.98 Å². The van der Waals surface area contributed by atoms with E-state index in [9.17, 15) is 0 Å². The average molecular weight is 275 g/mol. The van der Waals surface area contributed by atoms with E-state index in [1.807, 2.05) is 26.4 Å². The standard InChI is InChI=1S/C17H29N3/c1-16(2)10-13(11-17(3,4)12-16)19-14-8-7-9-18-15(14)20(5)6/h7-9,13,19H,10-12H2,1-6H3. The molecule has 112 valence electrons. The topological polar surface area (TPSA) is 28.2 Å². The van der Waals surface area contributed by atoms with Crippen molar-refractivity contribution in [3.8, 4) is 0 Å². The van der Waals surface area contributed by atoms with Crippen molar-refractivity contribution in [2.75, 3.05) is 24.3 Å². The van der Waals surface area contributed by atoms with E-state index >= 15 is 0 Å². The van der Waals surface area contributed by atoms with Crippen LogP contribution in [0, 0.1) is 10.8 Å². The highest BCUT2D eigenvalue weighted by Gasteiger charge is 2.38. The Morgan fingerprint density at radius 2 is 1.75 bits per heavy atom. The summed E-state index contributed by atoms with van der Waals surface area (Å²) >= 11 is 0. The number of hydrogen-bond acceptors (Lipinski definition) is 3. The molecule has 1 aromatic rings. The van der Waals surface area contributed by atoms with Crippen molar-refractivity contribution in [3.05, 3.63) is 18.3 Å². The SMILES string of the molecule is CN(C)c1ncccc1NC1CC(C)(C)CC(C)(C)C1. The molecule has 0 atom stereocenters. The van der Waals surface area contributed by atoms with Crippen molar-refractivity contribution in [1.29, 1.82) is 0 Å². The molecule has 1 heterocycles. The lowest BCUT2D eigenvalue weighted by Gasteiger charge is -2.45. The predicted octanol–water partition coefficient (Wildman–Crippen LogP) is 4.16. The van der Waals surface area contributed by atoms with E-state index in [1.165, 1.54) is 19.3 Å². The minimum Gasteiger partial charge on any atom is -0.379 e. The maximum absolute atomic E-state index is 4.48. The molecule has 1 fully saturated rings. The zero-order valence-electron chi connectivity index (χ0n) is 13.8. The zero-order valence-corrected chi connectivity index (χ0v) is 13.8. The quantitative estimate of drug-likeness (QED) is 0.897. The first-order chi connectivity index (χ1) is 9.19. The van der Waals surface area contributed by atoms with Gasteiger partial charge in [-0.3, -0.25) is 0 Å². The molecule has 3 nitrogen and oxygen atoms in total. The Bertz CT molecular complexity index is 447. The Balaban J connectivity index is 2.18. The number of aromatic nitrogens is 1. The van der Waals surface area contributed by atoms with Gasteiger partial charge in [0.1, 0.15) is 0 Å². The Kier molecular flexibility index (Phi) is 3.99. The van der Waals surface area contributed by atoms with Crippen LogP contribution in [0.25, 0.3) is 0 Å². The van der Waals surface area contributed by atoms with Crippen LogP contribution in [0.1, 0.15) is 47.0 Å². The summed E-state index contributed by atoms with van der Waals surface area (Å²) in [5.74, 6) is 1.02. The van der Waals surface area contributed by atoms with Gasteiger partial charge in [0.25, 0.3) is 0 Å². The van der Waals surface area contributed by atoms with E-state index in [1.54, 1.807) is 0 Å². The predicted molar refractivity (Wildman–Crippen MR) is 87.4 cm³/mol. The number of anilines is 2. The van der Waals surface area contributed by atoms with Gasteiger partial charge in [-0.15, -0.1) is 0 Å². The minimum atomic E-state index is 0.403. The van der Waals surface area contributed by atoms with Crippen LogP contribution in [0.3, 0.4) is 0 Å². The first-order valence-electron chi connectivity index (χ1n) is 7.57. The summed E-state index contributed by atoms with van der Waals surface area (Å²) in [6.45, 7) is 9.55. The minimum absolute atomic E-state index is 0.403. The molecule has 0 spiro atoms. The van der Waals surface area contributed by atoms with Crippen molar-refractivity contribution in [3.63, 3.8) is 0 Å². The molecule has 0 amide bonds. The molecule has 0 radical (unpaired) electrons. The van der Waals surface area contributed by atoms with E-state index in [4.69, 9.17) is 0 Å². The third kappa shape index (κ3) is 3.65. The molecule has 3 heteroatoms. The van der Waals surface area contributed by atoms with Crippen LogP contribution in [-0.4, -0.2) is 25.1 Å². The first kappa shape index (κ1) is 15.1. The lowest BCUT2D eigenvalue weighted by molar-refractivity contribution is 0.105. The van der Waals surface area contributed by atoms with Crippen molar-refractivity contribution >= 4 is 11.5 Å². The second kappa shape index (κ2) is 5.27. The Morgan fingerprint density at radius 3 is 2.30 bits per heavy atom. The van der Waals surface area contributed by atoms with Crippen molar-refractivity contribution < 1.29 is 0 Å². The van der Waals surface area contributed by atoms with Crippen LogP contribution in [0.5, 0.6) is 0 Å². The normalized spacial score (nSPS) is 21.5. The second-order valence-corrected chi connectivity index (χ2v) is 8.02. The van der Waals surface area contributed by atoms with Gasteiger partial charge in [0.15, 0.2) is 5.82 Å². The highest BCUT2D eigenvalue weighted by Crippen LogP contribution is 2.46. The fourth-order valence-electron chi connectivity index (χ4n) is 4.03. The fourth-order valence-corrected chi connectivity index (χ4v) is 4.03. The number of pyridine rings is 1. The number of rotatable bonds is 3. The molecule has 1 aliphatic carbocycles. The van der Waals surface area contributed by atoms with Gasteiger partial charge in [0, 0.05) is 26.3 Å². The van der Waals surface area contributed by atoms with Crippen LogP contribution < -0.4 is 10.2 Å². The molecular weight excluding hydrogens is 246 g/mol. The summed E-state index contributed by atoms with van der Waals surface area (Å²) in [6.07, 6.45) is 5.59. The van der Waals surface area contributed by atoms with Crippen LogP contribution in [-0.2, 0) is 0 Å². The summed E-state index contributed by atoms with van der Waals surface area (Å²) in [4.78, 5) is 6.55. The van der Waals surface area contributed by atoms with Crippen LogP contribution in [0.15, 0.2) is 18.3 Å². The Labute approximate surface area is 123 Å². The van der Waals surface area contributed by atoms with Gasteiger partial charge >= 0.3 is 0 Å². The molecule has 0 unspecified atom stereocenters. The molecule has 1 aliphatic rings. The van der Waals surface area contributed by atoms with Gasteiger partial charge in [-0.1, -0.05) is 27.7 Å². The third-order valence-corrected chi connectivity index (χ3v) is 4.12. The summed E-state index contributed by atoms with van der Waals surface area (Å²) in [7, 11) is 4.09. The van der Waals surface area contributed by atoms with Crippen molar-refractivity contribution in [2.45, 2.75) is 53.0 Å². The summed E-state index contributed by atoms with van der Waals surface area (Å²) in [6, 6.07) is 4.67. The molecule has 20 heavy (non-hydrogen) atoms. The highest BCUT2D eigenvalue weighted by atomic mass is 15.2. The van der Waals surface area contributed by atoms with Crippen molar-refractivity contribution in [2.24, 2.45) is 10.8 Å². The fraction of sp³-hybridized carbons (Fsp3) is 0.706. The number of hydrogen-bond donors (Lipinski definition) is 1. The first-order valence-corrected chi connectivity index (χ1v) is 7.57. The van der Waals surface area contributed by atoms with Crippen LogP contribution in [0.2, 0.25) is 0 Å². The van der Waals surface area contributed by atoms with E-state index in [0.29, 0.717) is 16.9 Å². The van der Waals surface area contributed by atoms with E-state index in [-0.39, 0.29) is 0 Å². The van der Waals surface area contributed by atoms with Crippen molar-refractivity contribution in [1.82, 2.24) is 4.98 Å². The highest BCUT2D eigenvalue weighted by molar-refractivity contribution is 5.65. The van der Waals surface area contributed by atoms with Gasteiger partial charge in [0.2, 0.25) is 0 Å². The largest absolute Gasteiger partial charge is 0.379 e. The average Bonchev–Trinajstić information content (AvgIpc) is 2.24. The lowest BCUT2D eigenvalue weighted by atomic mass is 9.63. The lowest BCUT2D eigenvalue weighted by Crippen LogP contribution is -2.40. The van der Waals surface area contributed by atoms with Gasteiger partial charge in [0.05, 0.1) is 5.69 Å². The Morgan fingerprint density at radius 1 is 1.15 bits per heavy atom. The molecule has 0 aromatic carbocycles. The summed E-state index contributed by atoms with van der Waals surface area (Å²) in [5.41, 5.74) is 1.95. The molecule has 0 bridgehead atoms. The molecule has 1 saturated carbocycles. The molecule has 1 N–H and O–H groups in total. The van der Waals surface area contributed by atoms with Gasteiger partial charge in [-0.05, 0) is 42.2 Å². The number of nitrogens with one attached hydrogen (secondary N) is 1. The molecule has 0 aliphatic heterocycles. The monoisotopic (exact) mass is 275 g/mol. The molecular formula is C17H29N3. The zero-order chi connectivity index (χ0) is 15.0. The van der Waals surface area contributed by atoms with Crippen LogP contribution >= 0.6 is 0 Å². The maximum atomic E-state index is 4.48. The Hall–Kier alpha value is -1.25. The molecule has 1 aromatic heterocycles. The third-order valence-electron chi connectivity index (χ3n) is 4.12. The smallest absolute Gasteiger partial charge is 0.151 e. The molecule has 2 rings (SSSR count). The van der Waals surface area contributed by atoms with E-state index < -0.39 is 0 Å². The molecule has 0 saturated heterocycles. The maximum Gasteiger partial charge on any atom is 0.151 e. The van der Waals surface area contributed by atoms with E-state index in [2.05, 4.69) is 49.0 Å². The van der Waals surface area contributed by atoms with E-state index in [0.717, 1.165) is 11.5 Å². The van der Waals surface area contributed by atoms with Crippen LogP contribution in [0.4, 0.5) is 11.5 Å². The van der Waals surface area contributed by atoms with Gasteiger partial charge < -0.3 is 10.2 Å².